The molecule has 90 valence electrons. The van der Waals surface area contributed by atoms with Crippen LogP contribution in [0.25, 0.3) is 0 Å². The normalized spacial score (nSPS) is 14.8. The summed E-state index contributed by atoms with van der Waals surface area (Å²) >= 11 is 0. The number of nitrogens with one attached hydrogen (secondary N) is 1. The molecular formula is C14H22FN. The first-order valence-corrected chi connectivity index (χ1v) is 6.06. The van der Waals surface area contributed by atoms with Crippen molar-refractivity contribution in [2.24, 2.45) is 0 Å². The van der Waals surface area contributed by atoms with Crippen molar-refractivity contribution in [1.82, 2.24) is 5.32 Å². The van der Waals surface area contributed by atoms with Crippen molar-refractivity contribution in [2.45, 2.75) is 52.6 Å². The summed E-state index contributed by atoms with van der Waals surface area (Å²) in [4.78, 5) is 0. The Morgan fingerprint density at radius 1 is 1.31 bits per heavy atom. The minimum atomic E-state index is -0.116. The van der Waals surface area contributed by atoms with E-state index in [1.165, 1.54) is 6.42 Å². The van der Waals surface area contributed by atoms with E-state index in [-0.39, 0.29) is 11.9 Å². The molecule has 0 fully saturated rings. The molecule has 1 N–H and O–H groups in total. The molecule has 16 heavy (non-hydrogen) atoms. The minimum Gasteiger partial charge on any atom is -0.308 e. The summed E-state index contributed by atoms with van der Waals surface area (Å²) in [6, 6.07) is 6.15. The number of rotatable bonds is 5. The Balaban J connectivity index is 2.65. The van der Waals surface area contributed by atoms with Gasteiger partial charge in [0.15, 0.2) is 0 Å². The van der Waals surface area contributed by atoms with E-state index in [2.05, 4.69) is 26.1 Å². The summed E-state index contributed by atoms with van der Waals surface area (Å²) in [7, 11) is 0. The molecule has 0 spiro atoms. The fourth-order valence-corrected chi connectivity index (χ4v) is 1.92. The molecule has 2 heteroatoms. The molecule has 0 saturated heterocycles. The third-order valence-corrected chi connectivity index (χ3v) is 2.95. The molecule has 0 aromatic heterocycles. The van der Waals surface area contributed by atoms with E-state index in [0.717, 1.165) is 12.0 Å². The highest BCUT2D eigenvalue weighted by molar-refractivity contribution is 5.25. The number of benzene rings is 1. The summed E-state index contributed by atoms with van der Waals surface area (Å²) in [6.45, 7) is 8.21. The zero-order chi connectivity index (χ0) is 12.1. The Bertz CT molecular complexity index is 336. The minimum absolute atomic E-state index is 0.116. The lowest BCUT2D eigenvalue weighted by molar-refractivity contribution is 0.451. The molecule has 1 nitrogen and oxygen atoms in total. The number of hydrogen-bond acceptors (Lipinski definition) is 1. The van der Waals surface area contributed by atoms with Crippen molar-refractivity contribution >= 4 is 0 Å². The van der Waals surface area contributed by atoms with Gasteiger partial charge in [0.1, 0.15) is 5.82 Å². The van der Waals surface area contributed by atoms with Gasteiger partial charge in [0.2, 0.25) is 0 Å². The predicted molar refractivity (Wildman–Crippen MR) is 67.1 cm³/mol. The first-order valence-electron chi connectivity index (χ1n) is 6.06. The molecule has 2 unspecified atom stereocenters. The molecule has 0 radical (unpaired) electrons. The molecule has 1 rings (SSSR count). The second-order valence-electron chi connectivity index (χ2n) is 4.59. The van der Waals surface area contributed by atoms with Crippen molar-refractivity contribution in [3.05, 3.63) is 35.1 Å². The average Bonchev–Trinajstić information content (AvgIpc) is 2.22. The van der Waals surface area contributed by atoms with Crippen LogP contribution in [0.2, 0.25) is 0 Å². The molecular weight excluding hydrogens is 201 g/mol. The summed E-state index contributed by atoms with van der Waals surface area (Å²) in [5.74, 6) is -0.116. The van der Waals surface area contributed by atoms with Crippen LogP contribution < -0.4 is 5.32 Å². The lowest BCUT2D eigenvalue weighted by atomic mass is 10.0. The second-order valence-corrected chi connectivity index (χ2v) is 4.59. The molecule has 0 aliphatic carbocycles. The van der Waals surface area contributed by atoms with Crippen LogP contribution in [0.1, 0.15) is 50.8 Å². The van der Waals surface area contributed by atoms with Gasteiger partial charge in [-0.15, -0.1) is 0 Å². The molecule has 0 aliphatic rings. The van der Waals surface area contributed by atoms with E-state index < -0.39 is 0 Å². The van der Waals surface area contributed by atoms with Gasteiger partial charge in [-0.2, -0.15) is 0 Å². The van der Waals surface area contributed by atoms with E-state index in [1.54, 1.807) is 13.0 Å². The molecule has 0 amide bonds. The summed E-state index contributed by atoms with van der Waals surface area (Å²) in [5.41, 5.74) is 1.73. The lowest BCUT2D eigenvalue weighted by Gasteiger charge is -2.20. The Kier molecular flexibility index (Phi) is 4.94. The average molecular weight is 223 g/mol. The highest BCUT2D eigenvalue weighted by Gasteiger charge is 2.10. The van der Waals surface area contributed by atoms with E-state index >= 15 is 0 Å². The SMILES string of the molecule is CCCC(C)NC(C)c1ccc(C)c(F)c1. The van der Waals surface area contributed by atoms with Gasteiger partial charge in [0, 0.05) is 12.1 Å². The van der Waals surface area contributed by atoms with Gasteiger partial charge >= 0.3 is 0 Å². The molecule has 1 aromatic carbocycles. The van der Waals surface area contributed by atoms with Gasteiger partial charge < -0.3 is 5.32 Å². The standard InChI is InChI=1S/C14H22FN/c1-5-6-11(3)16-12(4)13-8-7-10(2)14(15)9-13/h7-9,11-12,16H,5-6H2,1-4H3. The third-order valence-electron chi connectivity index (χ3n) is 2.95. The van der Waals surface area contributed by atoms with Gasteiger partial charge in [-0.05, 0) is 44.4 Å². The molecule has 0 heterocycles. The zero-order valence-corrected chi connectivity index (χ0v) is 10.7. The van der Waals surface area contributed by atoms with E-state index in [1.807, 2.05) is 12.1 Å². The largest absolute Gasteiger partial charge is 0.308 e. The smallest absolute Gasteiger partial charge is 0.126 e. The van der Waals surface area contributed by atoms with E-state index in [9.17, 15) is 4.39 Å². The molecule has 0 saturated carbocycles. The maximum atomic E-state index is 13.4. The zero-order valence-electron chi connectivity index (χ0n) is 10.7. The van der Waals surface area contributed by atoms with Crippen LogP contribution in [-0.2, 0) is 0 Å². The summed E-state index contributed by atoms with van der Waals surface area (Å²) in [6.07, 6.45) is 2.32. The molecule has 1 aromatic rings. The van der Waals surface area contributed by atoms with Crippen molar-refractivity contribution in [3.63, 3.8) is 0 Å². The second kappa shape index (κ2) is 6.00. The Morgan fingerprint density at radius 2 is 2.00 bits per heavy atom. The molecule has 2 atom stereocenters. The third kappa shape index (κ3) is 3.60. The Morgan fingerprint density at radius 3 is 2.56 bits per heavy atom. The molecule has 0 bridgehead atoms. The van der Waals surface area contributed by atoms with Gasteiger partial charge in [0.25, 0.3) is 0 Å². The van der Waals surface area contributed by atoms with Crippen LogP contribution in [0.4, 0.5) is 4.39 Å². The molecule has 0 aliphatic heterocycles. The number of halogens is 1. The number of aryl methyl sites for hydroxylation is 1. The topological polar surface area (TPSA) is 12.0 Å². The summed E-state index contributed by atoms with van der Waals surface area (Å²) < 4.78 is 13.4. The maximum absolute atomic E-state index is 13.4. The fourth-order valence-electron chi connectivity index (χ4n) is 1.92. The maximum Gasteiger partial charge on any atom is 0.126 e. The van der Waals surface area contributed by atoms with Gasteiger partial charge in [-0.3, -0.25) is 0 Å². The van der Waals surface area contributed by atoms with Gasteiger partial charge in [0.05, 0.1) is 0 Å². The Labute approximate surface area is 98.1 Å². The van der Waals surface area contributed by atoms with Crippen molar-refractivity contribution in [1.29, 1.82) is 0 Å². The van der Waals surface area contributed by atoms with Gasteiger partial charge in [-0.25, -0.2) is 4.39 Å². The highest BCUT2D eigenvalue weighted by Crippen LogP contribution is 2.17. The first-order chi connectivity index (χ1) is 7.54. The predicted octanol–water partition coefficient (Wildman–Crippen LogP) is 3.97. The lowest BCUT2D eigenvalue weighted by Crippen LogP contribution is -2.28. The van der Waals surface area contributed by atoms with Crippen LogP contribution >= 0.6 is 0 Å². The number of hydrogen-bond donors (Lipinski definition) is 1. The van der Waals surface area contributed by atoms with Crippen LogP contribution in [0.3, 0.4) is 0 Å². The van der Waals surface area contributed by atoms with Crippen molar-refractivity contribution < 1.29 is 4.39 Å². The Hall–Kier alpha value is -0.890. The van der Waals surface area contributed by atoms with Crippen LogP contribution in [-0.4, -0.2) is 6.04 Å². The van der Waals surface area contributed by atoms with E-state index in [4.69, 9.17) is 0 Å². The first kappa shape index (κ1) is 13.2. The summed E-state index contributed by atoms with van der Waals surface area (Å²) in [5, 5.41) is 3.48. The van der Waals surface area contributed by atoms with Gasteiger partial charge in [-0.1, -0.05) is 25.5 Å². The van der Waals surface area contributed by atoms with Crippen molar-refractivity contribution in [3.8, 4) is 0 Å². The van der Waals surface area contributed by atoms with E-state index in [0.29, 0.717) is 11.6 Å². The van der Waals surface area contributed by atoms with Crippen LogP contribution in [0, 0.1) is 12.7 Å². The van der Waals surface area contributed by atoms with Crippen LogP contribution in [0.5, 0.6) is 0 Å². The highest BCUT2D eigenvalue weighted by atomic mass is 19.1. The monoisotopic (exact) mass is 223 g/mol. The fraction of sp³-hybridized carbons (Fsp3) is 0.571. The quantitative estimate of drug-likeness (QED) is 0.796. The van der Waals surface area contributed by atoms with Crippen molar-refractivity contribution in [2.75, 3.05) is 0 Å². The van der Waals surface area contributed by atoms with Crippen LogP contribution in [0.15, 0.2) is 18.2 Å².